The molecule has 0 aliphatic carbocycles. The number of nitrogens with one attached hydrogen (secondary N) is 2. The summed E-state index contributed by atoms with van der Waals surface area (Å²) in [4.78, 5) is 16.1. The average Bonchev–Trinajstić information content (AvgIpc) is 2.98. The second-order valence-electron chi connectivity index (χ2n) is 5.64. The van der Waals surface area contributed by atoms with Crippen LogP contribution in [0.1, 0.15) is 11.6 Å². The second kappa shape index (κ2) is 5.89. The minimum atomic E-state index is -0.599. The van der Waals surface area contributed by atoms with Gasteiger partial charge in [0.05, 0.1) is 16.0 Å². The van der Waals surface area contributed by atoms with Crippen LogP contribution in [-0.4, -0.2) is 21.5 Å². The van der Waals surface area contributed by atoms with Crippen LogP contribution >= 0.6 is 15.9 Å². The number of hydrogen-bond donors (Lipinski definition) is 2. The SMILES string of the molecule is CNC1=C([N+](=O)[O-])C(c2cccc(Br)c2)n2c(nc3ccccc32)N1. The van der Waals surface area contributed by atoms with Crippen molar-refractivity contribution in [3.05, 3.63) is 80.2 Å². The molecule has 0 fully saturated rings. The molecule has 1 aromatic heterocycles. The van der Waals surface area contributed by atoms with Crippen LogP contribution < -0.4 is 10.6 Å². The Morgan fingerprint density at radius 1 is 1.28 bits per heavy atom. The van der Waals surface area contributed by atoms with E-state index < -0.39 is 6.04 Å². The number of benzene rings is 2. The lowest BCUT2D eigenvalue weighted by atomic mass is 10.0. The highest BCUT2D eigenvalue weighted by Crippen LogP contribution is 2.39. The molecule has 2 aromatic carbocycles. The van der Waals surface area contributed by atoms with E-state index in [1.54, 1.807) is 7.05 Å². The molecule has 8 heteroatoms. The molecule has 1 aliphatic rings. The lowest BCUT2D eigenvalue weighted by Crippen LogP contribution is -2.33. The molecule has 0 radical (unpaired) electrons. The summed E-state index contributed by atoms with van der Waals surface area (Å²) in [5.41, 5.74) is 2.48. The van der Waals surface area contributed by atoms with Crippen molar-refractivity contribution in [3.63, 3.8) is 0 Å². The first kappa shape index (κ1) is 15.6. The van der Waals surface area contributed by atoms with Gasteiger partial charge in [-0.1, -0.05) is 40.2 Å². The molecule has 1 unspecified atom stereocenters. The molecule has 1 atom stereocenters. The Balaban J connectivity index is 2.05. The number of rotatable bonds is 3. The number of anilines is 1. The predicted molar refractivity (Wildman–Crippen MR) is 98.7 cm³/mol. The van der Waals surface area contributed by atoms with Gasteiger partial charge in [0.25, 0.3) is 0 Å². The van der Waals surface area contributed by atoms with Crippen LogP contribution in [0.2, 0.25) is 0 Å². The zero-order valence-electron chi connectivity index (χ0n) is 13.2. The third-order valence-electron chi connectivity index (χ3n) is 4.22. The van der Waals surface area contributed by atoms with Gasteiger partial charge in [0.1, 0.15) is 0 Å². The van der Waals surface area contributed by atoms with Gasteiger partial charge in [0.15, 0.2) is 11.9 Å². The largest absolute Gasteiger partial charge is 0.369 e. The van der Waals surface area contributed by atoms with Gasteiger partial charge < -0.3 is 10.6 Å². The maximum Gasteiger partial charge on any atom is 0.313 e. The first-order valence-electron chi connectivity index (χ1n) is 7.66. The van der Waals surface area contributed by atoms with Crippen LogP contribution in [0, 0.1) is 10.1 Å². The van der Waals surface area contributed by atoms with Crippen molar-refractivity contribution in [2.24, 2.45) is 0 Å². The Morgan fingerprint density at radius 3 is 2.80 bits per heavy atom. The van der Waals surface area contributed by atoms with Crippen molar-refractivity contribution in [1.29, 1.82) is 0 Å². The minimum Gasteiger partial charge on any atom is -0.369 e. The number of hydrogen-bond acceptors (Lipinski definition) is 5. The molecule has 0 bridgehead atoms. The van der Waals surface area contributed by atoms with E-state index in [2.05, 4.69) is 31.5 Å². The maximum atomic E-state index is 11.9. The molecule has 2 N–H and O–H groups in total. The van der Waals surface area contributed by atoms with Gasteiger partial charge in [0.2, 0.25) is 5.95 Å². The molecule has 7 nitrogen and oxygen atoms in total. The lowest BCUT2D eigenvalue weighted by molar-refractivity contribution is -0.432. The number of allylic oxidation sites excluding steroid dienone is 1. The Hall–Kier alpha value is -2.87. The van der Waals surface area contributed by atoms with E-state index in [1.165, 1.54) is 0 Å². The highest BCUT2D eigenvalue weighted by Gasteiger charge is 2.39. The van der Waals surface area contributed by atoms with E-state index in [4.69, 9.17) is 0 Å². The summed E-state index contributed by atoms with van der Waals surface area (Å²) in [6.45, 7) is 0. The number of nitro groups is 1. The molecule has 0 spiro atoms. The van der Waals surface area contributed by atoms with Crippen molar-refractivity contribution < 1.29 is 4.92 Å². The molecule has 0 saturated carbocycles. The van der Waals surface area contributed by atoms with E-state index in [0.29, 0.717) is 11.8 Å². The normalized spacial score (nSPS) is 16.5. The second-order valence-corrected chi connectivity index (χ2v) is 6.56. The van der Waals surface area contributed by atoms with Gasteiger partial charge >= 0.3 is 5.70 Å². The summed E-state index contributed by atoms with van der Waals surface area (Å²) >= 11 is 3.46. The molecule has 4 rings (SSSR count). The van der Waals surface area contributed by atoms with Crippen LogP contribution in [0.3, 0.4) is 0 Å². The summed E-state index contributed by atoms with van der Waals surface area (Å²) in [5.74, 6) is 0.916. The Kier molecular flexibility index (Phi) is 3.69. The van der Waals surface area contributed by atoms with Crippen molar-refractivity contribution in [2.75, 3.05) is 12.4 Å². The summed E-state index contributed by atoms with van der Waals surface area (Å²) in [6.07, 6.45) is 0. The molecule has 25 heavy (non-hydrogen) atoms. The van der Waals surface area contributed by atoms with Gasteiger partial charge in [-0.15, -0.1) is 0 Å². The van der Waals surface area contributed by atoms with Gasteiger partial charge in [-0.05, 0) is 29.8 Å². The molecule has 1 aliphatic heterocycles. The van der Waals surface area contributed by atoms with Gasteiger partial charge in [-0.3, -0.25) is 14.7 Å². The monoisotopic (exact) mass is 399 g/mol. The molecule has 3 aromatic rings. The fourth-order valence-corrected chi connectivity index (χ4v) is 3.61. The first-order valence-corrected chi connectivity index (χ1v) is 8.45. The molecular weight excluding hydrogens is 386 g/mol. The van der Waals surface area contributed by atoms with Gasteiger partial charge in [-0.25, -0.2) is 4.98 Å². The lowest BCUT2D eigenvalue weighted by Gasteiger charge is -2.26. The highest BCUT2D eigenvalue weighted by molar-refractivity contribution is 9.10. The predicted octanol–water partition coefficient (Wildman–Crippen LogP) is 3.48. The Labute approximate surface area is 151 Å². The summed E-state index contributed by atoms with van der Waals surface area (Å²) in [6, 6.07) is 14.6. The van der Waals surface area contributed by atoms with E-state index >= 15 is 0 Å². The van der Waals surface area contributed by atoms with Crippen molar-refractivity contribution in [2.45, 2.75) is 6.04 Å². The van der Waals surface area contributed by atoms with Crippen LogP contribution in [-0.2, 0) is 0 Å². The molecule has 126 valence electrons. The van der Waals surface area contributed by atoms with Crippen molar-refractivity contribution in [3.8, 4) is 0 Å². The minimum absolute atomic E-state index is 0.0521. The molecule has 0 amide bonds. The molecular formula is C17H14BrN5O2. The summed E-state index contributed by atoms with van der Waals surface area (Å²) in [7, 11) is 1.65. The van der Waals surface area contributed by atoms with E-state index in [1.807, 2.05) is 53.1 Å². The number of fused-ring (bicyclic) bond motifs is 3. The third-order valence-corrected chi connectivity index (χ3v) is 4.71. The van der Waals surface area contributed by atoms with Gasteiger partial charge in [0, 0.05) is 11.5 Å². The fraction of sp³-hybridized carbons (Fsp3) is 0.118. The zero-order valence-corrected chi connectivity index (χ0v) is 14.8. The molecule has 2 heterocycles. The third kappa shape index (κ3) is 2.45. The van der Waals surface area contributed by atoms with E-state index in [0.717, 1.165) is 21.1 Å². The number of nitrogens with zero attached hydrogens (tertiary/aromatic N) is 3. The standard InChI is InChI=1S/C17H14BrN5O2/c1-19-16-15(23(24)25)14(10-5-4-6-11(18)9-10)22-13-8-3-2-7-12(13)20-17(22)21-16/h2-9,14,19H,1H3,(H,20,21). The highest BCUT2D eigenvalue weighted by atomic mass is 79.9. The fourth-order valence-electron chi connectivity index (χ4n) is 3.19. The summed E-state index contributed by atoms with van der Waals surface area (Å²) in [5, 5.41) is 17.8. The Bertz CT molecular complexity index is 1030. The quantitative estimate of drug-likeness (QED) is 0.520. The molecule has 0 saturated heterocycles. The maximum absolute atomic E-state index is 11.9. The van der Waals surface area contributed by atoms with Crippen LogP contribution in [0.25, 0.3) is 11.0 Å². The number of halogens is 1. The van der Waals surface area contributed by atoms with Crippen LogP contribution in [0.15, 0.2) is 64.5 Å². The smallest absolute Gasteiger partial charge is 0.313 e. The Morgan fingerprint density at radius 2 is 2.08 bits per heavy atom. The van der Waals surface area contributed by atoms with Crippen LogP contribution in [0.5, 0.6) is 0 Å². The zero-order chi connectivity index (χ0) is 17.6. The average molecular weight is 400 g/mol. The topological polar surface area (TPSA) is 85.0 Å². The van der Waals surface area contributed by atoms with E-state index in [9.17, 15) is 10.1 Å². The summed E-state index contributed by atoms with van der Waals surface area (Å²) < 4.78 is 2.74. The van der Waals surface area contributed by atoms with Gasteiger partial charge in [-0.2, -0.15) is 0 Å². The number of imidazole rings is 1. The van der Waals surface area contributed by atoms with Crippen LogP contribution in [0.4, 0.5) is 5.95 Å². The van der Waals surface area contributed by atoms with E-state index in [-0.39, 0.29) is 10.6 Å². The number of para-hydroxylation sites is 2. The number of aromatic nitrogens is 2. The van der Waals surface area contributed by atoms with Crippen molar-refractivity contribution in [1.82, 2.24) is 14.9 Å². The van der Waals surface area contributed by atoms with Crippen molar-refractivity contribution >= 4 is 32.9 Å². The first-order chi connectivity index (χ1) is 12.1.